The van der Waals surface area contributed by atoms with Crippen LogP contribution in [0.25, 0.3) is 0 Å². The Morgan fingerprint density at radius 2 is 1.95 bits per heavy atom. The van der Waals surface area contributed by atoms with E-state index in [4.69, 9.17) is 4.74 Å². The quantitative estimate of drug-likeness (QED) is 0.583. The molecule has 1 unspecified atom stereocenters. The monoisotopic (exact) mass is 268 g/mol. The number of ether oxygens (including phenoxy) is 1. The molecule has 3 nitrogen and oxygen atoms in total. The van der Waals surface area contributed by atoms with Crippen molar-refractivity contribution in [1.82, 2.24) is 10.2 Å². The van der Waals surface area contributed by atoms with Crippen molar-refractivity contribution >= 4 is 0 Å². The zero-order chi connectivity index (χ0) is 13.3. The van der Waals surface area contributed by atoms with E-state index in [2.05, 4.69) is 17.1 Å². The van der Waals surface area contributed by atoms with Crippen LogP contribution in [0.3, 0.4) is 0 Å². The number of hydrogen-bond acceptors (Lipinski definition) is 3. The molecule has 3 heteroatoms. The summed E-state index contributed by atoms with van der Waals surface area (Å²) in [4.78, 5) is 2.57. The molecule has 0 radical (unpaired) electrons. The second-order valence-electron chi connectivity index (χ2n) is 6.17. The maximum Gasteiger partial charge on any atom is 0.0702 e. The second kappa shape index (κ2) is 8.93. The first-order chi connectivity index (χ1) is 9.38. The van der Waals surface area contributed by atoms with Crippen molar-refractivity contribution in [3.63, 3.8) is 0 Å². The maximum absolute atomic E-state index is 5.72. The van der Waals surface area contributed by atoms with Crippen molar-refractivity contribution in [2.24, 2.45) is 0 Å². The van der Waals surface area contributed by atoms with E-state index in [1.807, 2.05) is 0 Å². The van der Waals surface area contributed by atoms with Gasteiger partial charge in [0.1, 0.15) is 0 Å². The molecule has 1 N–H and O–H groups in total. The van der Waals surface area contributed by atoms with Gasteiger partial charge < -0.3 is 15.0 Å². The third-order valence-corrected chi connectivity index (χ3v) is 4.34. The Kier molecular flexibility index (Phi) is 7.18. The van der Waals surface area contributed by atoms with Gasteiger partial charge in [0.15, 0.2) is 0 Å². The van der Waals surface area contributed by atoms with Gasteiger partial charge in [-0.3, -0.25) is 0 Å². The number of rotatable bonds is 11. The van der Waals surface area contributed by atoms with Gasteiger partial charge in [-0.1, -0.05) is 19.8 Å². The zero-order valence-electron chi connectivity index (χ0n) is 12.7. The molecule has 1 saturated carbocycles. The molecule has 1 saturated heterocycles. The highest BCUT2D eigenvalue weighted by Gasteiger charge is 2.19. The average Bonchev–Trinajstić information content (AvgIpc) is 3.11. The van der Waals surface area contributed by atoms with E-state index >= 15 is 0 Å². The van der Waals surface area contributed by atoms with Crippen LogP contribution in [-0.2, 0) is 4.74 Å². The standard InChI is InChI=1S/C16H32N2O/c1-2-18(14-16-8-7-13-19-16)12-6-4-3-5-11-17-15-9-10-15/h15-17H,2-14H2,1H3. The molecule has 1 aliphatic carbocycles. The van der Waals surface area contributed by atoms with Crippen molar-refractivity contribution in [1.29, 1.82) is 0 Å². The van der Waals surface area contributed by atoms with Gasteiger partial charge in [-0.2, -0.15) is 0 Å². The van der Waals surface area contributed by atoms with Crippen LogP contribution in [0, 0.1) is 0 Å². The molecule has 0 bridgehead atoms. The number of nitrogens with zero attached hydrogens (tertiary/aromatic N) is 1. The van der Waals surface area contributed by atoms with Gasteiger partial charge in [0.2, 0.25) is 0 Å². The summed E-state index contributed by atoms with van der Waals surface area (Å²) in [6.07, 6.45) is 11.3. The zero-order valence-corrected chi connectivity index (χ0v) is 12.7. The highest BCUT2D eigenvalue weighted by Crippen LogP contribution is 2.18. The molecule has 112 valence electrons. The Balaban J connectivity index is 1.41. The summed E-state index contributed by atoms with van der Waals surface area (Å²) in [5.74, 6) is 0. The Morgan fingerprint density at radius 3 is 2.63 bits per heavy atom. The normalized spacial score (nSPS) is 23.4. The average molecular weight is 268 g/mol. The van der Waals surface area contributed by atoms with Crippen LogP contribution in [-0.4, -0.2) is 49.8 Å². The predicted octanol–water partition coefficient (Wildman–Crippen LogP) is 2.80. The van der Waals surface area contributed by atoms with Crippen molar-refractivity contribution in [3.05, 3.63) is 0 Å². The van der Waals surface area contributed by atoms with Crippen LogP contribution < -0.4 is 5.32 Å². The third-order valence-electron chi connectivity index (χ3n) is 4.34. The van der Waals surface area contributed by atoms with E-state index in [0.29, 0.717) is 6.10 Å². The lowest BCUT2D eigenvalue weighted by Gasteiger charge is -2.23. The molecule has 0 aromatic heterocycles. The van der Waals surface area contributed by atoms with E-state index < -0.39 is 0 Å². The summed E-state index contributed by atoms with van der Waals surface area (Å²) >= 11 is 0. The second-order valence-corrected chi connectivity index (χ2v) is 6.17. The third kappa shape index (κ3) is 6.73. The lowest BCUT2D eigenvalue weighted by molar-refractivity contribution is 0.0742. The summed E-state index contributed by atoms with van der Waals surface area (Å²) in [7, 11) is 0. The van der Waals surface area contributed by atoms with E-state index in [1.165, 1.54) is 71.0 Å². The summed E-state index contributed by atoms with van der Waals surface area (Å²) in [6.45, 7) is 8.07. The van der Waals surface area contributed by atoms with Crippen molar-refractivity contribution in [2.75, 3.05) is 32.8 Å². The minimum atomic E-state index is 0.516. The van der Waals surface area contributed by atoms with Gasteiger partial charge >= 0.3 is 0 Å². The van der Waals surface area contributed by atoms with Gasteiger partial charge in [0, 0.05) is 19.2 Å². The van der Waals surface area contributed by atoms with E-state index in [1.54, 1.807) is 0 Å². The fourth-order valence-corrected chi connectivity index (χ4v) is 2.86. The molecule has 2 rings (SSSR count). The molecule has 0 aromatic rings. The van der Waals surface area contributed by atoms with E-state index in [-0.39, 0.29) is 0 Å². The summed E-state index contributed by atoms with van der Waals surface area (Å²) in [6, 6.07) is 0.877. The smallest absolute Gasteiger partial charge is 0.0702 e. The van der Waals surface area contributed by atoms with Gasteiger partial charge in [-0.05, 0) is 58.2 Å². The van der Waals surface area contributed by atoms with Crippen LogP contribution in [0.5, 0.6) is 0 Å². The predicted molar refractivity (Wildman–Crippen MR) is 80.6 cm³/mol. The Bertz CT molecular complexity index is 225. The van der Waals surface area contributed by atoms with E-state index in [0.717, 1.165) is 19.2 Å². The van der Waals surface area contributed by atoms with Crippen LogP contribution in [0.15, 0.2) is 0 Å². The fourth-order valence-electron chi connectivity index (χ4n) is 2.86. The molecule has 2 fully saturated rings. The molecule has 1 atom stereocenters. The molecule has 1 heterocycles. The van der Waals surface area contributed by atoms with Crippen LogP contribution in [0.2, 0.25) is 0 Å². The van der Waals surface area contributed by atoms with Crippen molar-refractivity contribution in [2.45, 2.75) is 70.4 Å². The van der Waals surface area contributed by atoms with E-state index in [9.17, 15) is 0 Å². The minimum absolute atomic E-state index is 0.516. The summed E-state index contributed by atoms with van der Waals surface area (Å²) in [5.41, 5.74) is 0. The highest BCUT2D eigenvalue weighted by molar-refractivity contribution is 4.80. The number of hydrogen-bond donors (Lipinski definition) is 1. The van der Waals surface area contributed by atoms with Gasteiger partial charge in [0.05, 0.1) is 6.10 Å². The summed E-state index contributed by atoms with van der Waals surface area (Å²) < 4.78 is 5.72. The molecule has 1 aliphatic heterocycles. The Hall–Kier alpha value is -0.120. The molecule has 0 amide bonds. The van der Waals surface area contributed by atoms with Gasteiger partial charge in [-0.25, -0.2) is 0 Å². The highest BCUT2D eigenvalue weighted by atomic mass is 16.5. The first-order valence-electron chi connectivity index (χ1n) is 8.46. The topological polar surface area (TPSA) is 24.5 Å². The lowest BCUT2D eigenvalue weighted by atomic mass is 10.1. The van der Waals surface area contributed by atoms with Gasteiger partial charge in [-0.15, -0.1) is 0 Å². The van der Waals surface area contributed by atoms with Gasteiger partial charge in [0.25, 0.3) is 0 Å². The number of likely N-dealkylation sites (N-methyl/N-ethyl adjacent to an activating group) is 1. The molecule has 2 aliphatic rings. The first kappa shape index (κ1) is 15.3. The van der Waals surface area contributed by atoms with Crippen molar-refractivity contribution < 1.29 is 4.74 Å². The number of nitrogens with one attached hydrogen (secondary N) is 1. The molecular formula is C16H32N2O. The Morgan fingerprint density at radius 1 is 1.11 bits per heavy atom. The largest absolute Gasteiger partial charge is 0.377 e. The van der Waals surface area contributed by atoms with Crippen LogP contribution in [0.4, 0.5) is 0 Å². The summed E-state index contributed by atoms with van der Waals surface area (Å²) in [5, 5.41) is 3.59. The van der Waals surface area contributed by atoms with Crippen LogP contribution >= 0.6 is 0 Å². The molecule has 0 spiro atoms. The minimum Gasteiger partial charge on any atom is -0.377 e. The SMILES string of the molecule is CCN(CCCCCCNC1CC1)CC1CCCO1. The Labute approximate surface area is 119 Å². The number of unbranched alkanes of at least 4 members (excludes halogenated alkanes) is 3. The first-order valence-corrected chi connectivity index (χ1v) is 8.46. The maximum atomic E-state index is 5.72. The molecule has 0 aromatic carbocycles. The molecule has 19 heavy (non-hydrogen) atoms. The van der Waals surface area contributed by atoms with Crippen LogP contribution in [0.1, 0.15) is 58.3 Å². The fraction of sp³-hybridized carbons (Fsp3) is 1.00. The molecular weight excluding hydrogens is 236 g/mol. The van der Waals surface area contributed by atoms with Crippen molar-refractivity contribution in [3.8, 4) is 0 Å². The lowest BCUT2D eigenvalue weighted by Crippen LogP contribution is -2.32.